The first-order valence-corrected chi connectivity index (χ1v) is 9.23. The molecule has 4 nitrogen and oxygen atoms in total. The van der Waals surface area contributed by atoms with Gasteiger partial charge < -0.3 is 10.6 Å². The lowest BCUT2D eigenvalue weighted by atomic mass is 9.95. The number of nitrogens with two attached hydrogens (primary N) is 1. The molecule has 1 aromatic heterocycles. The molecular formula is C18H22ClN3OS. The molecule has 3 rings (SSSR count). The smallest absolute Gasteiger partial charge is 0.236 e. The third-order valence-corrected chi connectivity index (χ3v) is 5.69. The number of rotatable bonds is 5. The minimum absolute atomic E-state index is 0.0709. The number of halogens is 1. The minimum Gasteiger partial charge on any atom is -0.340 e. The van der Waals surface area contributed by atoms with Crippen LogP contribution in [0.3, 0.4) is 0 Å². The molecule has 0 saturated carbocycles. The Balaban J connectivity index is 1.55. The van der Waals surface area contributed by atoms with Gasteiger partial charge in [-0.2, -0.15) is 0 Å². The summed E-state index contributed by atoms with van der Waals surface area (Å²) >= 11 is 7.46. The van der Waals surface area contributed by atoms with E-state index in [0.29, 0.717) is 19.0 Å². The number of likely N-dealkylation sites (N-methyl/N-ethyl adjacent to an activating group) is 1. The van der Waals surface area contributed by atoms with Gasteiger partial charge in [-0.3, -0.25) is 9.69 Å². The van der Waals surface area contributed by atoms with E-state index >= 15 is 0 Å². The van der Waals surface area contributed by atoms with Crippen molar-refractivity contribution in [3.8, 4) is 0 Å². The zero-order valence-corrected chi connectivity index (χ0v) is 15.3. The molecule has 1 aliphatic rings. The fourth-order valence-corrected chi connectivity index (χ4v) is 4.31. The van der Waals surface area contributed by atoms with Gasteiger partial charge in [0, 0.05) is 37.0 Å². The Labute approximate surface area is 151 Å². The number of hydrogen-bond acceptors (Lipinski definition) is 4. The third kappa shape index (κ3) is 4.16. The number of hydrogen-bond donors (Lipinski definition) is 1. The van der Waals surface area contributed by atoms with Crippen molar-refractivity contribution in [1.82, 2.24) is 9.80 Å². The SMILES string of the molecule is CN(Cc1ccc(Cl)s1)C(=O)CN1C[C@@H](N)[C@H](c2ccccc2)C1. The van der Waals surface area contributed by atoms with Crippen LogP contribution in [0, 0.1) is 0 Å². The second-order valence-electron chi connectivity index (χ2n) is 6.33. The molecule has 1 amide bonds. The maximum Gasteiger partial charge on any atom is 0.236 e. The molecule has 1 saturated heterocycles. The zero-order valence-electron chi connectivity index (χ0n) is 13.7. The van der Waals surface area contributed by atoms with Gasteiger partial charge in [0.25, 0.3) is 0 Å². The first-order valence-electron chi connectivity index (χ1n) is 8.04. The Morgan fingerprint density at radius 2 is 2.04 bits per heavy atom. The number of thiophene rings is 1. The number of carbonyl (C=O) groups is 1. The molecule has 1 aliphatic heterocycles. The first kappa shape index (κ1) is 17.4. The van der Waals surface area contributed by atoms with Crippen molar-refractivity contribution in [2.24, 2.45) is 5.73 Å². The molecule has 2 atom stereocenters. The highest BCUT2D eigenvalue weighted by Crippen LogP contribution is 2.26. The van der Waals surface area contributed by atoms with E-state index < -0.39 is 0 Å². The zero-order chi connectivity index (χ0) is 17.1. The summed E-state index contributed by atoms with van der Waals surface area (Å²) in [6.07, 6.45) is 0. The molecule has 0 spiro atoms. The number of carbonyl (C=O) groups excluding carboxylic acids is 1. The van der Waals surface area contributed by atoms with Gasteiger partial charge in [-0.15, -0.1) is 11.3 Å². The third-order valence-electron chi connectivity index (χ3n) is 4.47. The van der Waals surface area contributed by atoms with Crippen molar-refractivity contribution in [2.45, 2.75) is 18.5 Å². The Hall–Kier alpha value is -1.40. The predicted molar refractivity (Wildman–Crippen MR) is 99.4 cm³/mol. The lowest BCUT2D eigenvalue weighted by molar-refractivity contribution is -0.131. The van der Waals surface area contributed by atoms with E-state index in [9.17, 15) is 4.79 Å². The fourth-order valence-electron chi connectivity index (χ4n) is 3.17. The predicted octanol–water partition coefficient (Wildman–Crippen LogP) is 2.79. The summed E-state index contributed by atoms with van der Waals surface area (Å²) in [5, 5.41) is 0. The monoisotopic (exact) mass is 363 g/mol. The minimum atomic E-state index is 0.0709. The van der Waals surface area contributed by atoms with Crippen LogP contribution in [0.25, 0.3) is 0 Å². The van der Waals surface area contributed by atoms with Crippen molar-refractivity contribution < 1.29 is 4.79 Å². The van der Waals surface area contributed by atoms with E-state index in [1.807, 2.05) is 37.4 Å². The molecule has 128 valence electrons. The lowest BCUT2D eigenvalue weighted by Gasteiger charge is -2.21. The fraction of sp³-hybridized carbons (Fsp3) is 0.389. The Bertz CT molecular complexity index is 691. The molecule has 6 heteroatoms. The van der Waals surface area contributed by atoms with E-state index in [0.717, 1.165) is 22.3 Å². The highest BCUT2D eigenvalue weighted by molar-refractivity contribution is 7.16. The summed E-state index contributed by atoms with van der Waals surface area (Å²) in [5.74, 6) is 0.404. The summed E-state index contributed by atoms with van der Waals surface area (Å²) in [6, 6.07) is 14.2. The lowest BCUT2D eigenvalue weighted by Crippen LogP contribution is -2.38. The molecule has 0 bridgehead atoms. The summed E-state index contributed by atoms with van der Waals surface area (Å²) in [6.45, 7) is 2.59. The van der Waals surface area contributed by atoms with E-state index in [2.05, 4.69) is 17.0 Å². The van der Waals surface area contributed by atoms with E-state index in [1.165, 1.54) is 16.9 Å². The van der Waals surface area contributed by atoms with Crippen LogP contribution < -0.4 is 5.73 Å². The molecular weight excluding hydrogens is 342 g/mol. The van der Waals surface area contributed by atoms with Crippen molar-refractivity contribution in [1.29, 1.82) is 0 Å². The van der Waals surface area contributed by atoms with Gasteiger partial charge in [0.15, 0.2) is 0 Å². The largest absolute Gasteiger partial charge is 0.340 e. The van der Waals surface area contributed by atoms with Gasteiger partial charge >= 0.3 is 0 Å². The van der Waals surface area contributed by atoms with Crippen LogP contribution in [0.15, 0.2) is 42.5 Å². The quantitative estimate of drug-likeness (QED) is 0.888. The Morgan fingerprint density at radius 1 is 1.29 bits per heavy atom. The molecule has 1 fully saturated rings. The molecule has 1 aromatic carbocycles. The second-order valence-corrected chi connectivity index (χ2v) is 8.13. The van der Waals surface area contributed by atoms with Crippen LogP contribution in [-0.4, -0.2) is 48.4 Å². The van der Waals surface area contributed by atoms with Crippen LogP contribution in [0.1, 0.15) is 16.4 Å². The van der Waals surface area contributed by atoms with Crippen LogP contribution in [0.2, 0.25) is 4.34 Å². The average molecular weight is 364 g/mol. The summed E-state index contributed by atoms with van der Waals surface area (Å²) in [4.78, 5) is 17.5. The summed E-state index contributed by atoms with van der Waals surface area (Å²) in [7, 11) is 1.83. The Morgan fingerprint density at radius 3 is 2.71 bits per heavy atom. The number of benzene rings is 1. The van der Waals surface area contributed by atoms with Gasteiger partial charge in [0.2, 0.25) is 5.91 Å². The topological polar surface area (TPSA) is 49.6 Å². The molecule has 0 radical (unpaired) electrons. The van der Waals surface area contributed by atoms with Gasteiger partial charge in [-0.25, -0.2) is 0 Å². The van der Waals surface area contributed by atoms with E-state index in [4.69, 9.17) is 17.3 Å². The van der Waals surface area contributed by atoms with Gasteiger partial charge in [0.05, 0.1) is 17.4 Å². The van der Waals surface area contributed by atoms with Crippen LogP contribution in [0.5, 0.6) is 0 Å². The highest BCUT2D eigenvalue weighted by atomic mass is 35.5. The van der Waals surface area contributed by atoms with Gasteiger partial charge in [-0.1, -0.05) is 41.9 Å². The summed E-state index contributed by atoms with van der Waals surface area (Å²) in [5.41, 5.74) is 7.55. The number of amides is 1. The maximum absolute atomic E-state index is 12.5. The second kappa shape index (κ2) is 7.66. The summed E-state index contributed by atoms with van der Waals surface area (Å²) < 4.78 is 0.752. The van der Waals surface area contributed by atoms with Gasteiger partial charge in [-0.05, 0) is 17.7 Å². The molecule has 2 N–H and O–H groups in total. The van der Waals surface area contributed by atoms with Crippen molar-refractivity contribution in [2.75, 3.05) is 26.7 Å². The van der Waals surface area contributed by atoms with Crippen molar-refractivity contribution in [3.05, 3.63) is 57.2 Å². The Kier molecular flexibility index (Phi) is 5.56. The normalized spacial score (nSPS) is 21.1. The molecule has 0 aliphatic carbocycles. The molecule has 24 heavy (non-hydrogen) atoms. The molecule has 2 aromatic rings. The molecule has 0 unspecified atom stereocenters. The number of likely N-dealkylation sites (tertiary alicyclic amines) is 1. The van der Waals surface area contributed by atoms with Crippen LogP contribution in [-0.2, 0) is 11.3 Å². The van der Waals surface area contributed by atoms with E-state index in [1.54, 1.807) is 4.90 Å². The average Bonchev–Trinajstić information content (AvgIpc) is 3.13. The molecule has 2 heterocycles. The van der Waals surface area contributed by atoms with Crippen LogP contribution in [0.4, 0.5) is 0 Å². The van der Waals surface area contributed by atoms with Crippen molar-refractivity contribution >= 4 is 28.8 Å². The van der Waals surface area contributed by atoms with Crippen LogP contribution >= 0.6 is 22.9 Å². The number of nitrogens with zero attached hydrogens (tertiary/aromatic N) is 2. The standard InChI is InChI=1S/C18H22ClN3OS/c1-21(9-14-7-8-17(19)24-14)18(23)12-22-10-15(16(20)11-22)13-5-3-2-4-6-13/h2-8,15-16H,9-12,20H2,1H3/t15-,16+/m0/s1. The van der Waals surface area contributed by atoms with E-state index in [-0.39, 0.29) is 11.9 Å². The first-order chi connectivity index (χ1) is 11.5. The maximum atomic E-state index is 12.5. The highest BCUT2D eigenvalue weighted by Gasteiger charge is 2.32. The van der Waals surface area contributed by atoms with Crippen molar-refractivity contribution in [3.63, 3.8) is 0 Å². The van der Waals surface area contributed by atoms with Gasteiger partial charge in [0.1, 0.15) is 0 Å².